The molecule has 1 heterocycles. The Hall–Kier alpha value is -2.94. The number of nitrogens with zero attached hydrogens (tertiary/aromatic N) is 2. The first kappa shape index (κ1) is 23.2. The second-order valence-electron chi connectivity index (χ2n) is 8.32. The zero-order valence-corrected chi connectivity index (χ0v) is 19.8. The molecule has 9 heteroatoms. The van der Waals surface area contributed by atoms with Gasteiger partial charge in [-0.3, -0.25) is 4.90 Å². The van der Waals surface area contributed by atoms with Gasteiger partial charge in [0.1, 0.15) is 22.1 Å². The molecule has 33 heavy (non-hydrogen) atoms. The minimum Gasteiger partial charge on any atom is -0.496 e. The Morgan fingerprint density at radius 2 is 1.64 bits per heavy atom. The number of hydrogen-bond acceptors (Lipinski definition) is 6. The highest BCUT2D eigenvalue weighted by Gasteiger charge is 2.29. The normalized spacial score (nSPS) is 17.0. The third-order valence-corrected chi connectivity index (χ3v) is 7.19. The zero-order valence-electron chi connectivity index (χ0n) is 19.0. The molecule has 2 amide bonds. The summed E-state index contributed by atoms with van der Waals surface area (Å²) in [4.78, 5) is 16.0. The fraction of sp³-hybridized carbons (Fsp3) is 0.458. The van der Waals surface area contributed by atoms with Crippen molar-refractivity contribution in [2.75, 3.05) is 31.6 Å². The lowest BCUT2D eigenvalue weighted by Crippen LogP contribution is -2.32. The second-order valence-corrected chi connectivity index (χ2v) is 9.87. The quantitative estimate of drug-likeness (QED) is 0.500. The number of urea groups is 1. The van der Waals surface area contributed by atoms with E-state index in [1.807, 2.05) is 6.92 Å². The van der Waals surface area contributed by atoms with Crippen LogP contribution in [0.1, 0.15) is 39.0 Å². The van der Waals surface area contributed by atoms with E-state index in [-0.39, 0.29) is 22.8 Å². The van der Waals surface area contributed by atoms with Crippen molar-refractivity contribution in [1.29, 1.82) is 0 Å². The van der Waals surface area contributed by atoms with Crippen molar-refractivity contribution >= 4 is 21.8 Å². The number of benzene rings is 2. The molecular weight excluding hydrogens is 444 g/mol. The molecule has 0 atom stereocenters. The Bertz CT molecular complexity index is 1080. The third-order valence-electron chi connectivity index (χ3n) is 5.93. The van der Waals surface area contributed by atoms with E-state index in [0.29, 0.717) is 36.8 Å². The number of methoxy groups -OCH3 is 1. The topological polar surface area (TPSA) is 85.4 Å². The van der Waals surface area contributed by atoms with Crippen molar-refractivity contribution in [1.82, 2.24) is 4.90 Å². The largest absolute Gasteiger partial charge is 0.496 e. The SMILES string of the molecule is CCCN1CCN(c2ccc(S(=O)(=O)Oc3cc(OC)cc(OC4CCCC4)c3)cc2)C1=O. The Kier molecular flexibility index (Phi) is 6.97. The molecule has 1 aliphatic carbocycles. The fourth-order valence-electron chi connectivity index (χ4n) is 4.25. The predicted octanol–water partition coefficient (Wildman–Crippen LogP) is 4.44. The summed E-state index contributed by atoms with van der Waals surface area (Å²) in [6.07, 6.45) is 5.23. The van der Waals surface area contributed by atoms with Gasteiger partial charge in [0.05, 0.1) is 13.2 Å². The summed E-state index contributed by atoms with van der Waals surface area (Å²) in [6, 6.07) is 10.9. The Morgan fingerprint density at radius 3 is 2.30 bits per heavy atom. The van der Waals surface area contributed by atoms with Gasteiger partial charge < -0.3 is 18.6 Å². The maximum atomic E-state index is 12.9. The van der Waals surface area contributed by atoms with E-state index < -0.39 is 10.1 Å². The van der Waals surface area contributed by atoms with E-state index in [0.717, 1.165) is 32.1 Å². The van der Waals surface area contributed by atoms with Gasteiger partial charge in [0, 0.05) is 43.5 Å². The summed E-state index contributed by atoms with van der Waals surface area (Å²) >= 11 is 0. The van der Waals surface area contributed by atoms with Crippen molar-refractivity contribution in [2.45, 2.75) is 50.0 Å². The van der Waals surface area contributed by atoms with Gasteiger partial charge in [0.2, 0.25) is 0 Å². The highest BCUT2D eigenvalue weighted by molar-refractivity contribution is 7.87. The summed E-state index contributed by atoms with van der Waals surface area (Å²) < 4.78 is 42.5. The molecule has 1 saturated heterocycles. The van der Waals surface area contributed by atoms with Gasteiger partial charge in [-0.25, -0.2) is 4.79 Å². The van der Waals surface area contributed by atoms with Crippen LogP contribution >= 0.6 is 0 Å². The first-order valence-electron chi connectivity index (χ1n) is 11.4. The first-order chi connectivity index (χ1) is 15.9. The summed E-state index contributed by atoms with van der Waals surface area (Å²) in [6.45, 7) is 3.98. The van der Waals surface area contributed by atoms with E-state index in [2.05, 4.69) is 0 Å². The van der Waals surface area contributed by atoms with Crippen molar-refractivity contribution in [3.8, 4) is 17.2 Å². The molecule has 0 aromatic heterocycles. The Labute approximate surface area is 195 Å². The number of ether oxygens (including phenoxy) is 2. The summed E-state index contributed by atoms with van der Waals surface area (Å²) in [5.74, 6) is 1.09. The standard InChI is InChI=1S/C24H30N2O6S/c1-3-12-25-13-14-26(24(25)27)18-8-10-23(11-9-18)33(28,29)32-22-16-20(30-2)15-21(17-22)31-19-6-4-5-7-19/h8-11,15-17,19H,3-7,12-14H2,1-2H3. The molecule has 2 aliphatic rings. The molecule has 0 radical (unpaired) electrons. The van der Waals surface area contributed by atoms with Crippen LogP contribution in [0.3, 0.4) is 0 Å². The lowest BCUT2D eigenvalue weighted by molar-refractivity contribution is 0.208. The van der Waals surface area contributed by atoms with Crippen LogP contribution in [0.2, 0.25) is 0 Å². The number of anilines is 1. The molecule has 2 aromatic carbocycles. The molecule has 178 valence electrons. The van der Waals surface area contributed by atoms with E-state index in [4.69, 9.17) is 13.7 Å². The molecule has 4 rings (SSSR count). The molecule has 2 fully saturated rings. The molecule has 0 bridgehead atoms. The maximum Gasteiger partial charge on any atom is 0.339 e. The predicted molar refractivity (Wildman–Crippen MR) is 125 cm³/mol. The summed E-state index contributed by atoms with van der Waals surface area (Å²) in [7, 11) is -2.57. The molecule has 0 spiro atoms. The van der Waals surface area contributed by atoms with Crippen LogP contribution in [-0.4, -0.2) is 52.2 Å². The Morgan fingerprint density at radius 1 is 0.970 bits per heavy atom. The van der Waals surface area contributed by atoms with Crippen LogP contribution in [0.4, 0.5) is 10.5 Å². The lowest BCUT2D eigenvalue weighted by Gasteiger charge is -2.18. The highest BCUT2D eigenvalue weighted by atomic mass is 32.2. The van der Waals surface area contributed by atoms with Gasteiger partial charge >= 0.3 is 16.1 Å². The van der Waals surface area contributed by atoms with Crippen LogP contribution in [0.5, 0.6) is 17.2 Å². The van der Waals surface area contributed by atoms with Gasteiger partial charge in [-0.15, -0.1) is 0 Å². The van der Waals surface area contributed by atoms with Crippen LogP contribution in [0, 0.1) is 0 Å². The van der Waals surface area contributed by atoms with Crippen molar-refractivity contribution in [3.05, 3.63) is 42.5 Å². The fourth-order valence-corrected chi connectivity index (χ4v) is 5.16. The van der Waals surface area contributed by atoms with E-state index >= 15 is 0 Å². The summed E-state index contributed by atoms with van der Waals surface area (Å²) in [5, 5.41) is 0. The van der Waals surface area contributed by atoms with Crippen molar-refractivity contribution in [3.63, 3.8) is 0 Å². The van der Waals surface area contributed by atoms with Crippen LogP contribution in [0.25, 0.3) is 0 Å². The smallest absolute Gasteiger partial charge is 0.339 e. The highest BCUT2D eigenvalue weighted by Crippen LogP contribution is 2.33. The molecule has 1 aliphatic heterocycles. The van der Waals surface area contributed by atoms with Crippen molar-refractivity contribution in [2.24, 2.45) is 0 Å². The van der Waals surface area contributed by atoms with E-state index in [9.17, 15) is 13.2 Å². The van der Waals surface area contributed by atoms with E-state index in [1.54, 1.807) is 34.1 Å². The van der Waals surface area contributed by atoms with Gasteiger partial charge in [0.25, 0.3) is 0 Å². The average Bonchev–Trinajstić information content (AvgIpc) is 3.43. The monoisotopic (exact) mass is 474 g/mol. The van der Waals surface area contributed by atoms with E-state index in [1.165, 1.54) is 25.3 Å². The zero-order chi connectivity index (χ0) is 23.4. The molecular formula is C24H30N2O6S. The number of amides is 2. The van der Waals surface area contributed by atoms with Crippen molar-refractivity contribution < 1.29 is 26.9 Å². The van der Waals surface area contributed by atoms with Crippen LogP contribution in [-0.2, 0) is 10.1 Å². The number of hydrogen-bond donors (Lipinski definition) is 0. The van der Waals surface area contributed by atoms with Gasteiger partial charge in [-0.1, -0.05) is 6.92 Å². The van der Waals surface area contributed by atoms with Gasteiger partial charge in [-0.05, 0) is 56.4 Å². The van der Waals surface area contributed by atoms with Gasteiger partial charge in [0.15, 0.2) is 0 Å². The average molecular weight is 475 g/mol. The lowest BCUT2D eigenvalue weighted by atomic mass is 10.2. The third kappa shape index (κ3) is 5.35. The number of carbonyl (C=O) groups is 1. The number of rotatable bonds is 9. The maximum absolute atomic E-state index is 12.9. The first-order valence-corrected chi connectivity index (χ1v) is 12.8. The van der Waals surface area contributed by atoms with Gasteiger partial charge in [-0.2, -0.15) is 8.42 Å². The minimum atomic E-state index is -4.08. The molecule has 0 unspecified atom stereocenters. The van der Waals surface area contributed by atoms with Crippen LogP contribution in [0.15, 0.2) is 47.4 Å². The number of carbonyl (C=O) groups excluding carboxylic acids is 1. The second kappa shape index (κ2) is 9.91. The minimum absolute atomic E-state index is 0.00407. The molecule has 0 N–H and O–H groups in total. The van der Waals surface area contributed by atoms with Crippen LogP contribution < -0.4 is 18.6 Å². The molecule has 2 aromatic rings. The summed E-state index contributed by atoms with van der Waals surface area (Å²) in [5.41, 5.74) is 0.659. The molecule has 1 saturated carbocycles. The Balaban J connectivity index is 1.49. The molecule has 8 nitrogen and oxygen atoms in total.